The highest BCUT2D eigenvalue weighted by atomic mass is 16.5. The predicted octanol–water partition coefficient (Wildman–Crippen LogP) is 4.00. The second kappa shape index (κ2) is 8.13. The van der Waals surface area contributed by atoms with Gasteiger partial charge in [-0.05, 0) is 42.0 Å². The van der Waals surface area contributed by atoms with E-state index in [0.717, 1.165) is 35.1 Å². The molecule has 1 fully saturated rings. The molecule has 4 rings (SSSR count). The highest BCUT2D eigenvalue weighted by Crippen LogP contribution is 2.36. The molecule has 30 heavy (non-hydrogen) atoms. The summed E-state index contributed by atoms with van der Waals surface area (Å²) in [5.74, 6) is -0.615. The first-order chi connectivity index (χ1) is 14.6. The molecule has 0 bridgehead atoms. The molecular formula is C24H23N3O3. The smallest absolute Gasteiger partial charge is 0.339 e. The van der Waals surface area contributed by atoms with Gasteiger partial charge in [-0.2, -0.15) is 5.26 Å². The summed E-state index contributed by atoms with van der Waals surface area (Å²) in [6.07, 6.45) is 3.12. The van der Waals surface area contributed by atoms with Crippen LogP contribution in [-0.2, 0) is 12.0 Å². The van der Waals surface area contributed by atoms with E-state index in [1.54, 1.807) is 12.3 Å². The number of nitriles is 1. The number of aromatic nitrogens is 1. The standard InChI is InChI=1S/C24H23N3O3/c1-30-22-19-7-3-2-6-18(19)17(14-20(22)23(28)29)15-27-12-9-24(16-25,10-13-27)21-8-4-5-11-26-21/h2-8,11,14H,9-10,12-13,15H2,1H3,(H,28,29). The van der Waals surface area contributed by atoms with Gasteiger partial charge >= 0.3 is 5.97 Å². The lowest BCUT2D eigenvalue weighted by molar-refractivity contribution is 0.0693. The van der Waals surface area contributed by atoms with Gasteiger partial charge in [0.2, 0.25) is 0 Å². The summed E-state index contributed by atoms with van der Waals surface area (Å²) in [5.41, 5.74) is 1.38. The monoisotopic (exact) mass is 401 g/mol. The van der Waals surface area contributed by atoms with Crippen molar-refractivity contribution in [3.63, 3.8) is 0 Å². The number of carboxylic acid groups (broad SMARTS) is 1. The van der Waals surface area contributed by atoms with Crippen molar-refractivity contribution in [3.05, 3.63) is 71.5 Å². The molecule has 0 atom stereocenters. The quantitative estimate of drug-likeness (QED) is 0.695. The van der Waals surface area contributed by atoms with Crippen LogP contribution in [0.1, 0.15) is 34.5 Å². The van der Waals surface area contributed by atoms with Crippen molar-refractivity contribution < 1.29 is 14.6 Å². The molecule has 1 saturated heterocycles. The van der Waals surface area contributed by atoms with Crippen LogP contribution in [0, 0.1) is 11.3 Å². The Balaban J connectivity index is 1.62. The summed E-state index contributed by atoms with van der Waals surface area (Å²) in [6.45, 7) is 2.11. The van der Waals surface area contributed by atoms with Crippen LogP contribution in [0.2, 0.25) is 0 Å². The lowest BCUT2D eigenvalue weighted by atomic mass is 9.76. The van der Waals surface area contributed by atoms with Gasteiger partial charge in [-0.1, -0.05) is 30.3 Å². The lowest BCUT2D eigenvalue weighted by Crippen LogP contribution is -2.42. The van der Waals surface area contributed by atoms with Crippen LogP contribution < -0.4 is 4.74 Å². The Hall–Kier alpha value is -3.43. The topological polar surface area (TPSA) is 86.5 Å². The number of nitrogens with zero attached hydrogens (tertiary/aromatic N) is 3. The summed E-state index contributed by atoms with van der Waals surface area (Å²) in [4.78, 5) is 18.5. The van der Waals surface area contributed by atoms with Crippen LogP contribution in [0.15, 0.2) is 54.7 Å². The Morgan fingerprint density at radius 1 is 1.20 bits per heavy atom. The number of aromatic carboxylic acids is 1. The van der Waals surface area contributed by atoms with Gasteiger partial charge < -0.3 is 9.84 Å². The molecule has 0 radical (unpaired) electrons. The Kier molecular flexibility index (Phi) is 5.39. The maximum Gasteiger partial charge on any atom is 0.339 e. The number of rotatable bonds is 5. The Morgan fingerprint density at radius 3 is 2.50 bits per heavy atom. The summed E-state index contributed by atoms with van der Waals surface area (Å²) >= 11 is 0. The highest BCUT2D eigenvalue weighted by molar-refractivity contribution is 6.02. The van der Waals surface area contributed by atoms with Crippen LogP contribution in [0.4, 0.5) is 0 Å². The third-order valence-electron chi connectivity index (χ3n) is 5.99. The van der Waals surface area contributed by atoms with Crippen molar-refractivity contribution in [2.24, 2.45) is 0 Å². The van der Waals surface area contributed by atoms with E-state index in [2.05, 4.69) is 16.0 Å². The van der Waals surface area contributed by atoms with E-state index in [4.69, 9.17) is 4.74 Å². The molecule has 0 aliphatic carbocycles. The Morgan fingerprint density at radius 2 is 1.90 bits per heavy atom. The molecule has 6 nitrogen and oxygen atoms in total. The van der Waals surface area contributed by atoms with Crippen LogP contribution in [-0.4, -0.2) is 41.2 Å². The third-order valence-corrected chi connectivity index (χ3v) is 5.99. The van der Waals surface area contributed by atoms with E-state index in [9.17, 15) is 15.2 Å². The fourth-order valence-corrected chi connectivity index (χ4v) is 4.34. The predicted molar refractivity (Wildman–Crippen MR) is 113 cm³/mol. The van der Waals surface area contributed by atoms with E-state index in [1.807, 2.05) is 42.5 Å². The van der Waals surface area contributed by atoms with E-state index >= 15 is 0 Å². The molecule has 1 aliphatic rings. The molecule has 3 aromatic rings. The average molecular weight is 401 g/mol. The number of benzene rings is 2. The summed E-state index contributed by atoms with van der Waals surface area (Å²) in [7, 11) is 1.50. The molecule has 152 valence electrons. The van der Waals surface area contributed by atoms with E-state index in [-0.39, 0.29) is 5.56 Å². The largest absolute Gasteiger partial charge is 0.495 e. The zero-order chi connectivity index (χ0) is 21.1. The minimum Gasteiger partial charge on any atom is -0.495 e. The van der Waals surface area contributed by atoms with Crippen LogP contribution >= 0.6 is 0 Å². The lowest BCUT2D eigenvalue weighted by Gasteiger charge is -2.37. The normalized spacial score (nSPS) is 16.1. The SMILES string of the molecule is COc1c(C(=O)O)cc(CN2CCC(C#N)(c3ccccn3)CC2)c2ccccc12. The molecule has 6 heteroatoms. The van der Waals surface area contributed by atoms with Gasteiger partial charge in [0.1, 0.15) is 16.7 Å². The number of piperidine rings is 1. The molecule has 0 saturated carbocycles. The van der Waals surface area contributed by atoms with Crippen LogP contribution in [0.5, 0.6) is 5.75 Å². The number of ether oxygens (including phenoxy) is 1. The molecule has 0 unspecified atom stereocenters. The second-order valence-electron chi connectivity index (χ2n) is 7.65. The van der Waals surface area contributed by atoms with E-state index in [1.165, 1.54) is 7.11 Å². The first-order valence-electron chi connectivity index (χ1n) is 9.95. The van der Waals surface area contributed by atoms with Gasteiger partial charge in [0, 0.05) is 31.2 Å². The number of methoxy groups -OCH3 is 1. The van der Waals surface area contributed by atoms with Gasteiger partial charge in [-0.15, -0.1) is 0 Å². The van der Waals surface area contributed by atoms with Crippen LogP contribution in [0.25, 0.3) is 10.8 Å². The number of fused-ring (bicyclic) bond motifs is 1. The number of hydrogen-bond acceptors (Lipinski definition) is 5. The molecule has 0 spiro atoms. The van der Waals surface area contributed by atoms with Crippen molar-refractivity contribution in [2.45, 2.75) is 24.8 Å². The van der Waals surface area contributed by atoms with Crippen molar-refractivity contribution >= 4 is 16.7 Å². The Labute approximate surface area is 175 Å². The second-order valence-corrected chi connectivity index (χ2v) is 7.65. The number of pyridine rings is 1. The van der Waals surface area contributed by atoms with Gasteiger partial charge in [0.05, 0.1) is 18.9 Å². The number of hydrogen-bond donors (Lipinski definition) is 1. The minimum atomic E-state index is -1.00. The van der Waals surface area contributed by atoms with E-state index in [0.29, 0.717) is 25.1 Å². The zero-order valence-corrected chi connectivity index (χ0v) is 16.8. The average Bonchev–Trinajstić information content (AvgIpc) is 2.80. The van der Waals surface area contributed by atoms with E-state index < -0.39 is 11.4 Å². The fraction of sp³-hybridized carbons (Fsp3) is 0.292. The van der Waals surface area contributed by atoms with Gasteiger partial charge in [-0.3, -0.25) is 9.88 Å². The van der Waals surface area contributed by atoms with Crippen molar-refractivity contribution in [1.82, 2.24) is 9.88 Å². The summed E-state index contributed by atoms with van der Waals surface area (Å²) < 4.78 is 5.42. The van der Waals surface area contributed by atoms with Crippen molar-refractivity contribution in [3.8, 4) is 11.8 Å². The number of carboxylic acids is 1. The molecule has 1 aliphatic heterocycles. The third kappa shape index (κ3) is 3.49. The van der Waals surface area contributed by atoms with Crippen LogP contribution in [0.3, 0.4) is 0 Å². The molecule has 1 N–H and O–H groups in total. The molecular weight excluding hydrogens is 378 g/mol. The summed E-state index contributed by atoms with van der Waals surface area (Å²) in [6, 6.07) is 17.6. The molecule has 2 heterocycles. The Bertz CT molecular complexity index is 1110. The summed E-state index contributed by atoms with van der Waals surface area (Å²) in [5, 5.41) is 21.3. The zero-order valence-electron chi connectivity index (χ0n) is 16.8. The van der Waals surface area contributed by atoms with Gasteiger partial charge in [0.15, 0.2) is 0 Å². The van der Waals surface area contributed by atoms with Crippen molar-refractivity contribution in [1.29, 1.82) is 5.26 Å². The highest BCUT2D eigenvalue weighted by Gasteiger charge is 2.37. The number of likely N-dealkylation sites (tertiary alicyclic amines) is 1. The molecule has 0 amide bonds. The maximum absolute atomic E-state index is 11.8. The fourth-order valence-electron chi connectivity index (χ4n) is 4.34. The minimum absolute atomic E-state index is 0.170. The van der Waals surface area contributed by atoms with Crippen molar-refractivity contribution in [2.75, 3.05) is 20.2 Å². The maximum atomic E-state index is 11.8. The first kappa shape index (κ1) is 19.9. The molecule has 1 aromatic heterocycles. The molecule has 2 aromatic carbocycles. The van der Waals surface area contributed by atoms with Gasteiger partial charge in [-0.25, -0.2) is 4.79 Å². The number of carbonyl (C=O) groups is 1. The van der Waals surface area contributed by atoms with Gasteiger partial charge in [0.25, 0.3) is 0 Å². The first-order valence-corrected chi connectivity index (χ1v) is 9.95.